The fourth-order valence-corrected chi connectivity index (χ4v) is 4.19. The van der Waals surface area contributed by atoms with Crippen molar-refractivity contribution in [3.8, 4) is 5.75 Å². The molecule has 2 fully saturated rings. The number of hydrogen-bond acceptors (Lipinski definition) is 6. The molecule has 1 aromatic carbocycles. The summed E-state index contributed by atoms with van der Waals surface area (Å²) in [7, 11) is 0. The SMILES string of the molecule is CCCCCN1CCC(CCOc2ccc(Cl)c(Cl)c2)C2(C1)OCCO2.O=C(O)C(=O)O. The molecule has 1 unspecified atom stereocenters. The molecule has 2 heterocycles. The van der Waals surface area contributed by atoms with Gasteiger partial charge in [-0.15, -0.1) is 0 Å². The smallest absolute Gasteiger partial charge is 0.414 e. The predicted molar refractivity (Wildman–Crippen MR) is 121 cm³/mol. The molecule has 0 saturated carbocycles. The molecule has 1 atom stereocenters. The monoisotopic (exact) mass is 491 g/mol. The molecule has 0 amide bonds. The molecule has 2 aliphatic rings. The van der Waals surface area contributed by atoms with E-state index in [1.807, 2.05) is 6.07 Å². The van der Waals surface area contributed by atoms with Crippen molar-refractivity contribution < 1.29 is 34.0 Å². The third kappa shape index (κ3) is 8.08. The Morgan fingerprint density at radius 2 is 1.84 bits per heavy atom. The average molecular weight is 492 g/mol. The van der Waals surface area contributed by atoms with Gasteiger partial charge in [-0.1, -0.05) is 43.0 Å². The van der Waals surface area contributed by atoms with Crippen LogP contribution in [0.1, 0.15) is 39.0 Å². The van der Waals surface area contributed by atoms with Crippen LogP contribution >= 0.6 is 23.2 Å². The number of hydrogen-bond donors (Lipinski definition) is 2. The van der Waals surface area contributed by atoms with E-state index in [4.69, 9.17) is 57.2 Å². The van der Waals surface area contributed by atoms with E-state index in [1.165, 1.54) is 19.3 Å². The number of nitrogens with zero attached hydrogens (tertiary/aromatic N) is 1. The number of piperidine rings is 1. The highest BCUT2D eigenvalue weighted by Crippen LogP contribution is 2.37. The lowest BCUT2D eigenvalue weighted by molar-refractivity contribution is -0.226. The molecule has 2 aliphatic heterocycles. The second-order valence-electron chi connectivity index (χ2n) is 7.80. The Balaban J connectivity index is 0.000000534. The highest BCUT2D eigenvalue weighted by atomic mass is 35.5. The van der Waals surface area contributed by atoms with Crippen molar-refractivity contribution in [2.24, 2.45) is 5.92 Å². The Morgan fingerprint density at radius 1 is 1.16 bits per heavy atom. The van der Waals surface area contributed by atoms with Gasteiger partial charge in [0.25, 0.3) is 0 Å². The summed E-state index contributed by atoms with van der Waals surface area (Å²) >= 11 is 12.0. The molecule has 1 aromatic rings. The van der Waals surface area contributed by atoms with E-state index in [1.54, 1.807) is 12.1 Å². The minimum absolute atomic E-state index is 0.357. The first-order valence-electron chi connectivity index (χ1n) is 10.8. The Hall–Kier alpha value is -1.58. The maximum Gasteiger partial charge on any atom is 0.414 e. The van der Waals surface area contributed by atoms with Crippen molar-refractivity contribution in [2.75, 3.05) is 39.5 Å². The van der Waals surface area contributed by atoms with Crippen LogP contribution in [0, 0.1) is 5.92 Å². The first-order valence-corrected chi connectivity index (χ1v) is 11.6. The molecular formula is C22H31Cl2NO7. The van der Waals surface area contributed by atoms with Gasteiger partial charge in [-0.2, -0.15) is 0 Å². The largest absolute Gasteiger partial charge is 0.494 e. The van der Waals surface area contributed by atoms with Gasteiger partial charge in [0, 0.05) is 12.0 Å². The second-order valence-corrected chi connectivity index (χ2v) is 8.62. The molecule has 32 heavy (non-hydrogen) atoms. The van der Waals surface area contributed by atoms with Crippen LogP contribution in [0.2, 0.25) is 10.0 Å². The highest BCUT2D eigenvalue weighted by molar-refractivity contribution is 6.42. The minimum atomic E-state index is -1.82. The molecule has 2 saturated heterocycles. The van der Waals surface area contributed by atoms with Crippen LogP contribution < -0.4 is 4.74 Å². The summed E-state index contributed by atoms with van der Waals surface area (Å²) in [6.45, 7) is 7.34. The zero-order chi connectivity index (χ0) is 23.6. The molecule has 1 spiro atoms. The number of rotatable bonds is 8. The fourth-order valence-electron chi connectivity index (χ4n) is 3.90. The van der Waals surface area contributed by atoms with Crippen LogP contribution in [-0.2, 0) is 19.1 Å². The third-order valence-corrected chi connectivity index (χ3v) is 6.26. The number of unbranched alkanes of at least 4 members (excludes halogenated alkanes) is 2. The second kappa shape index (κ2) is 13.2. The quantitative estimate of drug-likeness (QED) is 0.412. The molecule has 3 rings (SSSR count). The number of carbonyl (C=O) groups is 2. The van der Waals surface area contributed by atoms with Crippen molar-refractivity contribution in [3.63, 3.8) is 0 Å². The van der Waals surface area contributed by atoms with Gasteiger partial charge in [-0.05, 0) is 44.5 Å². The Bertz CT molecular complexity index is 744. The standard InChI is InChI=1S/C20H29Cl2NO3.C2H2O4/c1-2-3-4-9-23-10-7-16(20(15-23)25-12-13-26-20)8-11-24-17-5-6-18(21)19(22)14-17;3-1(4)2(5)6/h5-6,14,16H,2-4,7-13,15H2,1H3;(H,3,4)(H,5,6). The van der Waals surface area contributed by atoms with Crippen LogP contribution in [0.15, 0.2) is 18.2 Å². The number of likely N-dealkylation sites (tertiary alicyclic amines) is 1. The summed E-state index contributed by atoms with van der Waals surface area (Å²) < 4.78 is 18.1. The number of ether oxygens (including phenoxy) is 3. The number of carboxylic acids is 2. The summed E-state index contributed by atoms with van der Waals surface area (Å²) in [4.78, 5) is 20.7. The van der Waals surface area contributed by atoms with Gasteiger partial charge in [0.1, 0.15) is 5.75 Å². The summed E-state index contributed by atoms with van der Waals surface area (Å²) in [6, 6.07) is 5.38. The summed E-state index contributed by atoms with van der Waals surface area (Å²) in [5.74, 6) is -3.00. The van der Waals surface area contributed by atoms with Gasteiger partial charge < -0.3 is 24.4 Å². The molecule has 0 bridgehead atoms. The fraction of sp³-hybridized carbons (Fsp3) is 0.636. The lowest BCUT2D eigenvalue weighted by Crippen LogP contribution is -2.55. The Kier molecular flexibility index (Phi) is 11.0. The maximum atomic E-state index is 9.10. The summed E-state index contributed by atoms with van der Waals surface area (Å²) in [5.41, 5.74) is 0. The van der Waals surface area contributed by atoms with Crippen molar-refractivity contribution in [1.29, 1.82) is 0 Å². The van der Waals surface area contributed by atoms with Gasteiger partial charge in [0.2, 0.25) is 0 Å². The van der Waals surface area contributed by atoms with Gasteiger partial charge in [0.15, 0.2) is 5.79 Å². The van der Waals surface area contributed by atoms with Gasteiger partial charge in [0.05, 0.1) is 36.4 Å². The van der Waals surface area contributed by atoms with E-state index in [-0.39, 0.29) is 0 Å². The lowest BCUT2D eigenvalue weighted by Gasteiger charge is -2.44. The topological polar surface area (TPSA) is 106 Å². The number of carboxylic acid groups (broad SMARTS) is 2. The maximum absolute atomic E-state index is 9.10. The van der Waals surface area contributed by atoms with Gasteiger partial charge >= 0.3 is 11.9 Å². The molecule has 8 nitrogen and oxygen atoms in total. The third-order valence-electron chi connectivity index (χ3n) is 5.52. The van der Waals surface area contributed by atoms with E-state index in [0.717, 1.165) is 38.2 Å². The molecule has 0 radical (unpaired) electrons. The molecular weight excluding hydrogens is 461 g/mol. The van der Waals surface area contributed by atoms with Gasteiger partial charge in [-0.3, -0.25) is 4.90 Å². The van der Waals surface area contributed by atoms with Crippen LogP contribution in [0.5, 0.6) is 5.75 Å². The molecule has 180 valence electrons. The summed E-state index contributed by atoms with van der Waals surface area (Å²) in [5, 5.41) is 15.8. The van der Waals surface area contributed by atoms with Crippen molar-refractivity contribution in [2.45, 2.75) is 44.8 Å². The molecule has 2 N–H and O–H groups in total. The van der Waals surface area contributed by atoms with E-state index in [0.29, 0.717) is 35.8 Å². The summed E-state index contributed by atoms with van der Waals surface area (Å²) in [6.07, 6.45) is 5.77. The van der Waals surface area contributed by atoms with Gasteiger partial charge in [-0.25, -0.2) is 9.59 Å². The van der Waals surface area contributed by atoms with Crippen molar-refractivity contribution in [3.05, 3.63) is 28.2 Å². The Labute approximate surface area is 198 Å². The lowest BCUT2D eigenvalue weighted by atomic mass is 9.87. The van der Waals surface area contributed by atoms with E-state index >= 15 is 0 Å². The van der Waals surface area contributed by atoms with E-state index in [2.05, 4.69) is 11.8 Å². The first-order chi connectivity index (χ1) is 15.3. The van der Waals surface area contributed by atoms with Crippen molar-refractivity contribution >= 4 is 35.1 Å². The molecule has 0 aliphatic carbocycles. The highest BCUT2D eigenvalue weighted by Gasteiger charge is 2.47. The number of halogens is 2. The average Bonchev–Trinajstić information content (AvgIpc) is 3.21. The normalized spacial score (nSPS) is 19.9. The zero-order valence-electron chi connectivity index (χ0n) is 18.2. The van der Waals surface area contributed by atoms with Crippen LogP contribution in [0.25, 0.3) is 0 Å². The number of benzene rings is 1. The number of aliphatic carboxylic acids is 2. The zero-order valence-corrected chi connectivity index (χ0v) is 19.7. The van der Waals surface area contributed by atoms with E-state index < -0.39 is 17.7 Å². The first kappa shape index (κ1) is 26.7. The predicted octanol–water partition coefficient (Wildman–Crippen LogP) is 4.17. The van der Waals surface area contributed by atoms with Crippen LogP contribution in [0.4, 0.5) is 0 Å². The van der Waals surface area contributed by atoms with E-state index in [9.17, 15) is 0 Å². The molecule has 0 aromatic heterocycles. The van der Waals surface area contributed by atoms with Crippen LogP contribution in [-0.4, -0.2) is 72.3 Å². The van der Waals surface area contributed by atoms with Crippen molar-refractivity contribution in [1.82, 2.24) is 4.90 Å². The Morgan fingerprint density at radius 3 is 2.44 bits per heavy atom. The minimum Gasteiger partial charge on any atom is -0.494 e. The van der Waals surface area contributed by atoms with Crippen LogP contribution in [0.3, 0.4) is 0 Å². The molecule has 10 heteroatoms.